The molecular formula is C6H10N4O. The van der Waals surface area contributed by atoms with Gasteiger partial charge in [-0.25, -0.2) is 4.68 Å². The first-order valence-electron chi connectivity index (χ1n) is 3.33. The SMILES string of the molecule is CC(C)n1cc(C(N)=O)nn1. The van der Waals surface area contributed by atoms with Crippen LogP contribution in [0.3, 0.4) is 0 Å². The van der Waals surface area contributed by atoms with Crippen LogP contribution < -0.4 is 5.73 Å². The third-order valence-electron chi connectivity index (χ3n) is 1.29. The van der Waals surface area contributed by atoms with Crippen molar-refractivity contribution in [2.24, 2.45) is 5.73 Å². The van der Waals surface area contributed by atoms with Crippen LogP contribution in [0.2, 0.25) is 0 Å². The minimum absolute atomic E-state index is 0.204. The number of nitrogens with zero attached hydrogens (tertiary/aromatic N) is 3. The Morgan fingerprint density at radius 3 is 2.64 bits per heavy atom. The Morgan fingerprint density at radius 1 is 1.73 bits per heavy atom. The molecule has 0 unspecified atom stereocenters. The number of aromatic nitrogens is 3. The first kappa shape index (κ1) is 7.71. The van der Waals surface area contributed by atoms with E-state index in [1.807, 2.05) is 13.8 Å². The average Bonchev–Trinajstić information content (AvgIpc) is 2.33. The summed E-state index contributed by atoms with van der Waals surface area (Å²) in [7, 11) is 0. The van der Waals surface area contributed by atoms with Crippen LogP contribution in [-0.2, 0) is 0 Å². The number of nitrogens with two attached hydrogens (primary N) is 1. The zero-order valence-electron chi connectivity index (χ0n) is 6.48. The van der Waals surface area contributed by atoms with Crippen molar-refractivity contribution in [3.63, 3.8) is 0 Å². The van der Waals surface area contributed by atoms with Gasteiger partial charge in [-0.05, 0) is 13.8 Å². The van der Waals surface area contributed by atoms with E-state index in [1.165, 1.54) is 6.20 Å². The average molecular weight is 154 g/mol. The molecule has 0 spiro atoms. The molecule has 0 radical (unpaired) electrons. The smallest absolute Gasteiger partial charge is 0.270 e. The van der Waals surface area contributed by atoms with Crippen molar-refractivity contribution in [3.8, 4) is 0 Å². The van der Waals surface area contributed by atoms with Crippen LogP contribution in [0.4, 0.5) is 0 Å². The predicted molar refractivity (Wildman–Crippen MR) is 38.9 cm³/mol. The molecule has 1 rings (SSSR count). The Morgan fingerprint density at radius 2 is 2.36 bits per heavy atom. The first-order valence-corrected chi connectivity index (χ1v) is 3.33. The molecule has 0 aromatic carbocycles. The van der Waals surface area contributed by atoms with Crippen LogP contribution in [0.5, 0.6) is 0 Å². The molecule has 0 bridgehead atoms. The lowest BCUT2D eigenvalue weighted by atomic mass is 10.4. The molecule has 0 saturated heterocycles. The van der Waals surface area contributed by atoms with Gasteiger partial charge in [-0.2, -0.15) is 0 Å². The van der Waals surface area contributed by atoms with Crippen LogP contribution in [0, 0.1) is 0 Å². The lowest BCUT2D eigenvalue weighted by Gasteiger charge is -2.00. The van der Waals surface area contributed by atoms with E-state index >= 15 is 0 Å². The third-order valence-corrected chi connectivity index (χ3v) is 1.29. The zero-order chi connectivity index (χ0) is 8.43. The van der Waals surface area contributed by atoms with Gasteiger partial charge in [0.1, 0.15) is 0 Å². The molecule has 0 fully saturated rings. The van der Waals surface area contributed by atoms with Gasteiger partial charge in [-0.15, -0.1) is 5.10 Å². The molecule has 0 saturated carbocycles. The monoisotopic (exact) mass is 154 g/mol. The van der Waals surface area contributed by atoms with E-state index < -0.39 is 5.91 Å². The molecule has 0 aliphatic rings. The van der Waals surface area contributed by atoms with E-state index in [4.69, 9.17) is 5.73 Å². The van der Waals surface area contributed by atoms with Crippen molar-refractivity contribution in [2.45, 2.75) is 19.9 Å². The molecule has 1 heterocycles. The van der Waals surface area contributed by atoms with Gasteiger partial charge in [0.2, 0.25) is 0 Å². The molecule has 0 aliphatic carbocycles. The molecule has 5 heteroatoms. The highest BCUT2D eigenvalue weighted by molar-refractivity contribution is 5.90. The van der Waals surface area contributed by atoms with Gasteiger partial charge < -0.3 is 5.73 Å². The van der Waals surface area contributed by atoms with Gasteiger partial charge in [0.25, 0.3) is 5.91 Å². The van der Waals surface area contributed by atoms with Gasteiger partial charge in [-0.1, -0.05) is 5.21 Å². The Kier molecular flexibility index (Phi) is 1.89. The normalized spacial score (nSPS) is 10.5. The van der Waals surface area contributed by atoms with Crippen LogP contribution in [0.1, 0.15) is 30.4 Å². The second-order valence-electron chi connectivity index (χ2n) is 2.54. The topological polar surface area (TPSA) is 73.8 Å². The highest BCUT2D eigenvalue weighted by atomic mass is 16.1. The Hall–Kier alpha value is -1.39. The second-order valence-corrected chi connectivity index (χ2v) is 2.54. The summed E-state index contributed by atoms with van der Waals surface area (Å²) < 4.78 is 1.58. The van der Waals surface area contributed by atoms with Gasteiger partial charge in [0.05, 0.1) is 6.20 Å². The molecule has 5 nitrogen and oxygen atoms in total. The fourth-order valence-electron chi connectivity index (χ4n) is 0.642. The largest absolute Gasteiger partial charge is 0.364 e. The lowest BCUT2D eigenvalue weighted by molar-refractivity contribution is 0.0995. The summed E-state index contributed by atoms with van der Waals surface area (Å²) in [5.74, 6) is -0.545. The highest BCUT2D eigenvalue weighted by Crippen LogP contribution is 2.01. The van der Waals surface area contributed by atoms with Crippen LogP contribution in [0.15, 0.2) is 6.20 Å². The molecule has 60 valence electrons. The summed E-state index contributed by atoms with van der Waals surface area (Å²) in [5.41, 5.74) is 5.18. The molecule has 0 atom stereocenters. The zero-order valence-corrected chi connectivity index (χ0v) is 6.48. The molecule has 0 aliphatic heterocycles. The first-order chi connectivity index (χ1) is 5.11. The van der Waals surface area contributed by atoms with E-state index in [1.54, 1.807) is 4.68 Å². The van der Waals surface area contributed by atoms with Crippen LogP contribution >= 0.6 is 0 Å². The summed E-state index contributed by atoms with van der Waals surface area (Å²) in [4.78, 5) is 10.5. The van der Waals surface area contributed by atoms with Gasteiger partial charge in [0, 0.05) is 6.04 Å². The van der Waals surface area contributed by atoms with Crippen LogP contribution in [-0.4, -0.2) is 20.9 Å². The fourth-order valence-corrected chi connectivity index (χ4v) is 0.642. The van der Waals surface area contributed by atoms with Crippen molar-refractivity contribution >= 4 is 5.91 Å². The highest BCUT2D eigenvalue weighted by Gasteiger charge is 2.06. The predicted octanol–water partition coefficient (Wildman–Crippen LogP) is -0.0421. The number of carbonyl (C=O) groups is 1. The molecule has 1 aromatic heterocycles. The number of carbonyl (C=O) groups excluding carboxylic acids is 1. The minimum atomic E-state index is -0.545. The maximum Gasteiger partial charge on any atom is 0.270 e. The van der Waals surface area contributed by atoms with Crippen molar-refractivity contribution in [2.75, 3.05) is 0 Å². The molecule has 2 N–H and O–H groups in total. The maximum atomic E-state index is 10.5. The van der Waals surface area contributed by atoms with E-state index in [2.05, 4.69) is 10.3 Å². The molecule has 1 aromatic rings. The van der Waals surface area contributed by atoms with E-state index in [9.17, 15) is 4.79 Å². The number of amides is 1. The summed E-state index contributed by atoms with van der Waals surface area (Å²) >= 11 is 0. The minimum Gasteiger partial charge on any atom is -0.364 e. The van der Waals surface area contributed by atoms with E-state index in [-0.39, 0.29) is 11.7 Å². The summed E-state index contributed by atoms with van der Waals surface area (Å²) in [6.45, 7) is 3.89. The second kappa shape index (κ2) is 2.69. The summed E-state index contributed by atoms with van der Waals surface area (Å²) in [6, 6.07) is 0.204. The lowest BCUT2D eigenvalue weighted by Crippen LogP contribution is -2.11. The standard InChI is InChI=1S/C6H10N4O/c1-4(2)10-3-5(6(7)11)8-9-10/h3-4H,1-2H3,(H2,7,11). The maximum absolute atomic E-state index is 10.5. The van der Waals surface area contributed by atoms with Crippen molar-refractivity contribution < 1.29 is 4.79 Å². The summed E-state index contributed by atoms with van der Waals surface area (Å²) in [6.07, 6.45) is 1.53. The Balaban J connectivity index is 2.90. The fraction of sp³-hybridized carbons (Fsp3) is 0.500. The van der Waals surface area contributed by atoms with Gasteiger partial charge >= 0.3 is 0 Å². The third kappa shape index (κ3) is 1.54. The summed E-state index contributed by atoms with van der Waals surface area (Å²) in [5, 5.41) is 7.28. The van der Waals surface area contributed by atoms with E-state index in [0.717, 1.165) is 0 Å². The number of primary amides is 1. The number of hydrogen-bond acceptors (Lipinski definition) is 3. The van der Waals surface area contributed by atoms with Crippen LogP contribution in [0.25, 0.3) is 0 Å². The quantitative estimate of drug-likeness (QED) is 0.649. The van der Waals surface area contributed by atoms with Gasteiger partial charge in [0.15, 0.2) is 5.69 Å². The Bertz CT molecular complexity index is 265. The Labute approximate surface area is 64.2 Å². The van der Waals surface area contributed by atoms with Crippen molar-refractivity contribution in [1.29, 1.82) is 0 Å². The van der Waals surface area contributed by atoms with E-state index in [0.29, 0.717) is 0 Å². The molecule has 1 amide bonds. The van der Waals surface area contributed by atoms with Crippen molar-refractivity contribution in [3.05, 3.63) is 11.9 Å². The number of hydrogen-bond donors (Lipinski definition) is 1. The molecular weight excluding hydrogens is 144 g/mol. The number of rotatable bonds is 2. The van der Waals surface area contributed by atoms with Crippen molar-refractivity contribution in [1.82, 2.24) is 15.0 Å². The molecule has 11 heavy (non-hydrogen) atoms. The van der Waals surface area contributed by atoms with Gasteiger partial charge in [-0.3, -0.25) is 4.79 Å².